The Bertz CT molecular complexity index is 321. The molecular formula is C17H33N3O. The van der Waals surface area contributed by atoms with Crippen molar-refractivity contribution in [1.29, 1.82) is 0 Å². The van der Waals surface area contributed by atoms with Crippen molar-refractivity contribution in [3.63, 3.8) is 0 Å². The summed E-state index contributed by atoms with van der Waals surface area (Å²) in [5, 5.41) is 0. The Hall–Kier alpha value is -0.610. The molecule has 21 heavy (non-hydrogen) atoms. The van der Waals surface area contributed by atoms with Crippen LogP contribution >= 0.6 is 0 Å². The van der Waals surface area contributed by atoms with Crippen LogP contribution < -0.4 is 0 Å². The van der Waals surface area contributed by atoms with Crippen molar-refractivity contribution in [3.8, 4) is 0 Å². The quantitative estimate of drug-likeness (QED) is 0.778. The first-order valence-electron chi connectivity index (χ1n) is 8.76. The highest BCUT2D eigenvalue weighted by Crippen LogP contribution is 2.24. The number of hydrogen-bond acceptors (Lipinski definition) is 3. The Morgan fingerprint density at radius 2 is 1.52 bits per heavy atom. The van der Waals surface area contributed by atoms with Gasteiger partial charge in [0.1, 0.15) is 0 Å². The van der Waals surface area contributed by atoms with E-state index in [1.807, 2.05) is 4.90 Å². The van der Waals surface area contributed by atoms with E-state index in [9.17, 15) is 4.79 Å². The van der Waals surface area contributed by atoms with E-state index < -0.39 is 0 Å². The van der Waals surface area contributed by atoms with E-state index in [1.54, 1.807) is 0 Å². The average Bonchev–Trinajstić information content (AvgIpc) is 2.92. The maximum Gasteiger partial charge on any atom is 0.237 e. The molecule has 0 spiro atoms. The Balaban J connectivity index is 1.78. The molecule has 2 rings (SSSR count). The maximum absolute atomic E-state index is 12.5. The number of piperazine rings is 1. The van der Waals surface area contributed by atoms with Gasteiger partial charge in [0.2, 0.25) is 5.91 Å². The molecule has 0 aromatic rings. The van der Waals surface area contributed by atoms with Gasteiger partial charge in [-0.15, -0.1) is 0 Å². The van der Waals surface area contributed by atoms with Crippen LogP contribution in [0.4, 0.5) is 0 Å². The number of carbonyl (C=O) groups is 1. The standard InChI is InChI=1S/C17H33N3O/c1-14(2)20(15(3)4)17(21)13-18-9-11-19(12-10-18)16-7-5-6-8-16/h14-16H,5-13H2,1-4H3. The molecule has 0 aromatic carbocycles. The van der Waals surface area contributed by atoms with Gasteiger partial charge in [-0.2, -0.15) is 0 Å². The van der Waals surface area contributed by atoms with E-state index in [2.05, 4.69) is 37.5 Å². The van der Waals surface area contributed by atoms with E-state index in [0.717, 1.165) is 32.2 Å². The average molecular weight is 295 g/mol. The monoisotopic (exact) mass is 295 g/mol. The molecule has 1 aliphatic heterocycles. The van der Waals surface area contributed by atoms with Crippen molar-refractivity contribution in [3.05, 3.63) is 0 Å². The minimum absolute atomic E-state index is 0.286. The van der Waals surface area contributed by atoms with Crippen LogP contribution in [0, 0.1) is 0 Å². The van der Waals surface area contributed by atoms with Gasteiger partial charge in [0.15, 0.2) is 0 Å². The highest BCUT2D eigenvalue weighted by Gasteiger charge is 2.28. The number of hydrogen-bond donors (Lipinski definition) is 0. The summed E-state index contributed by atoms with van der Waals surface area (Å²) in [6.45, 7) is 13.4. The van der Waals surface area contributed by atoms with Crippen LogP contribution in [0.5, 0.6) is 0 Å². The number of nitrogens with zero attached hydrogens (tertiary/aromatic N) is 3. The molecule has 0 radical (unpaired) electrons. The van der Waals surface area contributed by atoms with E-state index in [4.69, 9.17) is 0 Å². The van der Waals surface area contributed by atoms with Gasteiger partial charge in [0.25, 0.3) is 0 Å². The summed E-state index contributed by atoms with van der Waals surface area (Å²) < 4.78 is 0. The van der Waals surface area contributed by atoms with Crippen molar-refractivity contribution in [2.24, 2.45) is 0 Å². The smallest absolute Gasteiger partial charge is 0.237 e. The third-order valence-electron chi connectivity index (χ3n) is 5.01. The number of amides is 1. The van der Waals surface area contributed by atoms with Gasteiger partial charge in [0.05, 0.1) is 6.54 Å². The largest absolute Gasteiger partial charge is 0.337 e. The fourth-order valence-electron chi connectivity index (χ4n) is 4.00. The molecule has 0 bridgehead atoms. The second-order valence-corrected chi connectivity index (χ2v) is 7.24. The van der Waals surface area contributed by atoms with Crippen molar-refractivity contribution >= 4 is 5.91 Å². The van der Waals surface area contributed by atoms with Crippen molar-refractivity contribution in [2.45, 2.75) is 71.5 Å². The molecule has 1 heterocycles. The first-order chi connectivity index (χ1) is 9.99. The zero-order valence-corrected chi connectivity index (χ0v) is 14.3. The molecule has 1 saturated carbocycles. The van der Waals surface area contributed by atoms with Gasteiger partial charge in [-0.05, 0) is 40.5 Å². The molecule has 0 N–H and O–H groups in total. The van der Waals surface area contributed by atoms with E-state index in [1.165, 1.54) is 25.7 Å². The van der Waals surface area contributed by atoms with Gasteiger partial charge >= 0.3 is 0 Å². The Morgan fingerprint density at radius 1 is 1.00 bits per heavy atom. The van der Waals surface area contributed by atoms with Gasteiger partial charge < -0.3 is 4.90 Å². The molecule has 4 nitrogen and oxygen atoms in total. The molecule has 1 aliphatic carbocycles. The lowest BCUT2D eigenvalue weighted by Gasteiger charge is -2.39. The predicted molar refractivity (Wildman–Crippen MR) is 87.4 cm³/mol. The van der Waals surface area contributed by atoms with E-state index >= 15 is 0 Å². The fraction of sp³-hybridized carbons (Fsp3) is 0.941. The normalized spacial score (nSPS) is 22.4. The summed E-state index contributed by atoms with van der Waals surface area (Å²) >= 11 is 0. The second kappa shape index (κ2) is 7.59. The first kappa shape index (κ1) is 16.8. The maximum atomic E-state index is 12.5. The molecule has 2 fully saturated rings. The second-order valence-electron chi connectivity index (χ2n) is 7.24. The molecule has 1 saturated heterocycles. The summed E-state index contributed by atoms with van der Waals surface area (Å²) in [5.41, 5.74) is 0. The Kier molecular flexibility index (Phi) is 6.06. The van der Waals surface area contributed by atoms with Gasteiger partial charge in [-0.1, -0.05) is 12.8 Å². The summed E-state index contributed by atoms with van der Waals surface area (Å²) in [6, 6.07) is 1.40. The highest BCUT2D eigenvalue weighted by atomic mass is 16.2. The summed E-state index contributed by atoms with van der Waals surface area (Å²) in [4.78, 5) is 19.5. The molecule has 0 unspecified atom stereocenters. The molecule has 2 aliphatic rings. The molecule has 1 amide bonds. The van der Waals surface area contributed by atoms with Gasteiger partial charge in [-0.25, -0.2) is 0 Å². The lowest BCUT2D eigenvalue weighted by atomic mass is 10.1. The fourth-order valence-corrected chi connectivity index (χ4v) is 4.00. The molecule has 0 aromatic heterocycles. The zero-order chi connectivity index (χ0) is 15.4. The molecular weight excluding hydrogens is 262 g/mol. The van der Waals surface area contributed by atoms with Crippen molar-refractivity contribution in [1.82, 2.24) is 14.7 Å². The van der Waals surface area contributed by atoms with Crippen molar-refractivity contribution in [2.75, 3.05) is 32.7 Å². The molecule has 4 heteroatoms. The van der Waals surface area contributed by atoms with Crippen molar-refractivity contribution < 1.29 is 4.79 Å². The summed E-state index contributed by atoms with van der Waals surface area (Å²) in [7, 11) is 0. The van der Waals surface area contributed by atoms with Crippen LogP contribution in [0.15, 0.2) is 0 Å². The van der Waals surface area contributed by atoms with Crippen LogP contribution in [0.1, 0.15) is 53.4 Å². The van der Waals surface area contributed by atoms with Gasteiger partial charge in [0, 0.05) is 44.3 Å². The number of rotatable bonds is 5. The van der Waals surface area contributed by atoms with Crippen LogP contribution in [0.3, 0.4) is 0 Å². The number of carbonyl (C=O) groups excluding carboxylic acids is 1. The third-order valence-corrected chi connectivity index (χ3v) is 5.01. The lowest BCUT2D eigenvalue weighted by Crippen LogP contribution is -2.53. The highest BCUT2D eigenvalue weighted by molar-refractivity contribution is 5.78. The lowest BCUT2D eigenvalue weighted by molar-refractivity contribution is -0.136. The van der Waals surface area contributed by atoms with Crippen LogP contribution in [0.25, 0.3) is 0 Å². The van der Waals surface area contributed by atoms with Crippen LogP contribution in [-0.4, -0.2) is 71.5 Å². The summed E-state index contributed by atoms with van der Waals surface area (Å²) in [5.74, 6) is 0.286. The Morgan fingerprint density at radius 3 is 2.00 bits per heavy atom. The first-order valence-corrected chi connectivity index (χ1v) is 8.76. The zero-order valence-electron chi connectivity index (χ0n) is 14.3. The predicted octanol–water partition coefficient (Wildman–Crippen LogP) is 2.19. The minimum atomic E-state index is 0.286. The summed E-state index contributed by atoms with van der Waals surface area (Å²) in [6.07, 6.45) is 5.57. The molecule has 122 valence electrons. The van der Waals surface area contributed by atoms with E-state index in [0.29, 0.717) is 6.54 Å². The molecule has 0 atom stereocenters. The Labute approximate surface area is 130 Å². The SMILES string of the molecule is CC(C)N(C(=O)CN1CCN(C2CCCC2)CC1)C(C)C. The van der Waals surface area contributed by atoms with Crippen LogP contribution in [0.2, 0.25) is 0 Å². The topological polar surface area (TPSA) is 26.8 Å². The third kappa shape index (κ3) is 4.43. The van der Waals surface area contributed by atoms with E-state index in [-0.39, 0.29) is 18.0 Å². The minimum Gasteiger partial charge on any atom is -0.337 e. The van der Waals surface area contributed by atoms with Crippen LogP contribution in [-0.2, 0) is 4.79 Å². The van der Waals surface area contributed by atoms with Gasteiger partial charge in [-0.3, -0.25) is 14.6 Å².